The number of carbonyl (C=O) groups is 2. The molecular formula is C20H29NO8. The summed E-state index contributed by atoms with van der Waals surface area (Å²) in [6, 6.07) is 3.38. The monoisotopic (exact) mass is 411 g/mol. The zero-order chi connectivity index (χ0) is 21.6. The molecule has 0 bridgehead atoms. The number of hydrogen-bond donors (Lipinski definition) is 0. The van der Waals surface area contributed by atoms with Crippen molar-refractivity contribution < 1.29 is 38.0 Å². The third-order valence-electron chi connectivity index (χ3n) is 3.92. The Labute approximate surface area is 171 Å². The molecule has 9 nitrogen and oxygen atoms in total. The largest absolute Gasteiger partial charge is 0.493 e. The van der Waals surface area contributed by atoms with Gasteiger partial charge in [-0.25, -0.2) is 4.79 Å². The van der Waals surface area contributed by atoms with Crippen molar-refractivity contribution in [2.75, 3.05) is 68.5 Å². The molecule has 0 N–H and O–H groups in total. The Balaban J connectivity index is 2.71. The average Bonchev–Trinajstić information content (AvgIpc) is 2.75. The number of esters is 1. The number of methoxy groups -OCH3 is 5. The maximum atomic E-state index is 12.2. The molecule has 1 aromatic carbocycles. The van der Waals surface area contributed by atoms with Crippen LogP contribution in [-0.4, -0.2) is 85.2 Å². The van der Waals surface area contributed by atoms with Gasteiger partial charge in [-0.15, -0.1) is 0 Å². The lowest BCUT2D eigenvalue weighted by atomic mass is 10.1. The Morgan fingerprint density at radius 3 is 1.90 bits per heavy atom. The summed E-state index contributed by atoms with van der Waals surface area (Å²) in [4.78, 5) is 25.7. The van der Waals surface area contributed by atoms with Crippen LogP contribution < -0.4 is 14.2 Å². The second-order valence-electron chi connectivity index (χ2n) is 5.77. The maximum absolute atomic E-state index is 12.2. The van der Waals surface area contributed by atoms with Gasteiger partial charge in [0.05, 0.1) is 34.5 Å². The summed E-state index contributed by atoms with van der Waals surface area (Å²) in [6.45, 7) is 1.16. The SMILES string of the molecule is COCCN(CCOC)C(=O)COC(=O)C=Cc1cc(OC)c(OC)c(OC)c1. The van der Waals surface area contributed by atoms with Crippen molar-refractivity contribution in [2.24, 2.45) is 0 Å². The van der Waals surface area contributed by atoms with E-state index in [-0.39, 0.29) is 12.5 Å². The molecule has 0 radical (unpaired) electrons. The van der Waals surface area contributed by atoms with E-state index in [4.69, 9.17) is 28.4 Å². The highest BCUT2D eigenvalue weighted by atomic mass is 16.5. The first-order valence-electron chi connectivity index (χ1n) is 8.91. The molecule has 0 aliphatic carbocycles. The van der Waals surface area contributed by atoms with Gasteiger partial charge in [0.1, 0.15) is 0 Å². The maximum Gasteiger partial charge on any atom is 0.331 e. The number of rotatable bonds is 13. The molecule has 0 saturated heterocycles. The predicted molar refractivity (Wildman–Crippen MR) is 106 cm³/mol. The van der Waals surface area contributed by atoms with E-state index in [1.807, 2.05) is 0 Å². The Morgan fingerprint density at radius 1 is 0.897 bits per heavy atom. The van der Waals surface area contributed by atoms with Crippen molar-refractivity contribution >= 4 is 18.0 Å². The van der Waals surface area contributed by atoms with Gasteiger partial charge >= 0.3 is 5.97 Å². The van der Waals surface area contributed by atoms with Crippen molar-refractivity contribution in [2.45, 2.75) is 0 Å². The first-order valence-corrected chi connectivity index (χ1v) is 8.91. The van der Waals surface area contributed by atoms with Crippen molar-refractivity contribution in [3.8, 4) is 17.2 Å². The van der Waals surface area contributed by atoms with E-state index < -0.39 is 5.97 Å². The van der Waals surface area contributed by atoms with E-state index in [9.17, 15) is 9.59 Å². The van der Waals surface area contributed by atoms with Crippen molar-refractivity contribution in [1.82, 2.24) is 4.90 Å². The van der Waals surface area contributed by atoms with Gasteiger partial charge in [-0.1, -0.05) is 0 Å². The molecule has 1 aromatic rings. The molecule has 0 aliphatic heterocycles. The van der Waals surface area contributed by atoms with Gasteiger partial charge in [0.25, 0.3) is 5.91 Å². The lowest BCUT2D eigenvalue weighted by Gasteiger charge is -2.21. The van der Waals surface area contributed by atoms with E-state index in [0.717, 1.165) is 0 Å². The first-order chi connectivity index (χ1) is 14.0. The van der Waals surface area contributed by atoms with Crippen LogP contribution in [0.2, 0.25) is 0 Å². The van der Waals surface area contributed by atoms with Crippen LogP contribution in [0.4, 0.5) is 0 Å². The van der Waals surface area contributed by atoms with Crippen LogP contribution in [0.1, 0.15) is 5.56 Å². The Hall–Kier alpha value is -2.78. The van der Waals surface area contributed by atoms with Gasteiger partial charge in [0.2, 0.25) is 5.75 Å². The molecule has 0 fully saturated rings. The summed E-state index contributed by atoms with van der Waals surface area (Å²) in [5.41, 5.74) is 0.643. The number of carbonyl (C=O) groups excluding carboxylic acids is 2. The summed E-state index contributed by atoms with van der Waals surface area (Å²) in [7, 11) is 7.61. The number of hydrogen-bond acceptors (Lipinski definition) is 8. The van der Waals surface area contributed by atoms with Crippen LogP contribution in [0.15, 0.2) is 18.2 Å². The molecule has 1 rings (SSSR count). The summed E-state index contributed by atoms with van der Waals surface area (Å²) in [5, 5.41) is 0. The number of amides is 1. The van der Waals surface area contributed by atoms with E-state index in [1.165, 1.54) is 38.4 Å². The Kier molecular flexibility index (Phi) is 11.2. The third-order valence-corrected chi connectivity index (χ3v) is 3.92. The summed E-state index contributed by atoms with van der Waals surface area (Å²) in [6.07, 6.45) is 2.76. The topological polar surface area (TPSA) is 92.8 Å². The number of nitrogens with zero attached hydrogens (tertiary/aromatic N) is 1. The summed E-state index contributed by atoms with van der Waals surface area (Å²) >= 11 is 0. The second kappa shape index (κ2) is 13.4. The molecule has 162 valence electrons. The molecule has 0 aliphatic rings. The average molecular weight is 411 g/mol. The number of benzene rings is 1. The predicted octanol–water partition coefficient (Wildman–Crippen LogP) is 1.39. The van der Waals surface area contributed by atoms with Gasteiger partial charge in [0, 0.05) is 33.4 Å². The molecule has 0 saturated carbocycles. The molecule has 0 unspecified atom stereocenters. The van der Waals surface area contributed by atoms with E-state index >= 15 is 0 Å². The highest BCUT2D eigenvalue weighted by Crippen LogP contribution is 2.38. The Morgan fingerprint density at radius 2 is 1.45 bits per heavy atom. The highest BCUT2D eigenvalue weighted by molar-refractivity contribution is 5.89. The fourth-order valence-electron chi connectivity index (χ4n) is 2.40. The van der Waals surface area contributed by atoms with Crippen molar-refractivity contribution in [3.63, 3.8) is 0 Å². The lowest BCUT2D eigenvalue weighted by Crippen LogP contribution is -2.39. The number of ether oxygens (including phenoxy) is 6. The summed E-state index contributed by atoms with van der Waals surface area (Å²) in [5.74, 6) is 0.399. The lowest BCUT2D eigenvalue weighted by molar-refractivity contribution is -0.148. The third kappa shape index (κ3) is 8.00. The van der Waals surface area contributed by atoms with Crippen LogP contribution in [0.5, 0.6) is 17.2 Å². The molecule has 9 heteroatoms. The molecule has 0 heterocycles. The minimum atomic E-state index is -0.648. The Bertz CT molecular complexity index is 656. The zero-order valence-corrected chi connectivity index (χ0v) is 17.6. The van der Waals surface area contributed by atoms with Crippen molar-refractivity contribution in [1.29, 1.82) is 0 Å². The molecular weight excluding hydrogens is 382 g/mol. The quantitative estimate of drug-likeness (QED) is 0.355. The van der Waals surface area contributed by atoms with Crippen LogP contribution in [0.3, 0.4) is 0 Å². The van der Waals surface area contributed by atoms with E-state index in [1.54, 1.807) is 26.4 Å². The van der Waals surface area contributed by atoms with Crippen LogP contribution in [0.25, 0.3) is 6.08 Å². The standard InChI is InChI=1S/C20H29NO8/c1-24-10-8-21(9-11-25-2)18(22)14-29-19(23)7-6-15-12-16(26-3)20(28-5)17(13-15)27-4/h6-7,12-13H,8-11,14H2,1-5H3. The normalized spacial score (nSPS) is 10.7. The highest BCUT2D eigenvalue weighted by Gasteiger charge is 2.15. The second-order valence-corrected chi connectivity index (χ2v) is 5.77. The van der Waals surface area contributed by atoms with E-state index in [0.29, 0.717) is 49.1 Å². The van der Waals surface area contributed by atoms with Crippen LogP contribution >= 0.6 is 0 Å². The zero-order valence-electron chi connectivity index (χ0n) is 17.6. The van der Waals surface area contributed by atoms with Gasteiger partial charge < -0.3 is 33.3 Å². The van der Waals surface area contributed by atoms with Crippen molar-refractivity contribution in [3.05, 3.63) is 23.8 Å². The smallest absolute Gasteiger partial charge is 0.331 e. The molecule has 0 spiro atoms. The molecule has 29 heavy (non-hydrogen) atoms. The fraction of sp³-hybridized carbons (Fsp3) is 0.500. The van der Waals surface area contributed by atoms with E-state index in [2.05, 4.69) is 0 Å². The van der Waals surface area contributed by atoms with Crippen LogP contribution in [-0.2, 0) is 23.8 Å². The van der Waals surface area contributed by atoms with Gasteiger partial charge in [0.15, 0.2) is 18.1 Å². The molecule has 0 aromatic heterocycles. The summed E-state index contributed by atoms with van der Waals surface area (Å²) < 4.78 is 30.8. The first kappa shape index (κ1) is 24.3. The van der Waals surface area contributed by atoms with Gasteiger partial charge in [-0.05, 0) is 23.8 Å². The molecule has 1 amide bonds. The van der Waals surface area contributed by atoms with Gasteiger partial charge in [-0.3, -0.25) is 4.79 Å². The van der Waals surface area contributed by atoms with Gasteiger partial charge in [-0.2, -0.15) is 0 Å². The fourth-order valence-corrected chi connectivity index (χ4v) is 2.40. The minimum absolute atomic E-state index is 0.325. The molecule has 0 atom stereocenters. The van der Waals surface area contributed by atoms with Crippen LogP contribution in [0, 0.1) is 0 Å². The minimum Gasteiger partial charge on any atom is -0.493 e.